The standard InChI is InChI=1S/C17H30N2O2/c1-11-9-19(10-17(2,3)21-11)16(20)14-7-12-5-4-6-13(8-14)15(12)18/h11-15H,4-10,18H2,1-3H3. The SMILES string of the molecule is CC1CN(C(=O)C2CC3CCCC(C2)C3N)CC(C)(C)O1. The summed E-state index contributed by atoms with van der Waals surface area (Å²) in [5, 5.41) is 0. The molecule has 3 atom stereocenters. The Morgan fingerprint density at radius 2 is 1.86 bits per heavy atom. The molecule has 1 amide bonds. The summed E-state index contributed by atoms with van der Waals surface area (Å²) in [4.78, 5) is 15.0. The van der Waals surface area contributed by atoms with Crippen LogP contribution in [-0.4, -0.2) is 41.6 Å². The van der Waals surface area contributed by atoms with Crippen LogP contribution in [0.1, 0.15) is 52.9 Å². The average molecular weight is 294 g/mol. The molecule has 1 heterocycles. The number of nitrogens with zero attached hydrogens (tertiary/aromatic N) is 1. The van der Waals surface area contributed by atoms with Crippen LogP contribution < -0.4 is 5.73 Å². The molecular weight excluding hydrogens is 264 g/mol. The first-order valence-electron chi connectivity index (χ1n) is 8.58. The van der Waals surface area contributed by atoms with Gasteiger partial charge in [-0.1, -0.05) is 6.42 Å². The first-order chi connectivity index (χ1) is 9.85. The largest absolute Gasteiger partial charge is 0.369 e. The summed E-state index contributed by atoms with van der Waals surface area (Å²) in [6, 6.07) is 0.336. The van der Waals surface area contributed by atoms with Crippen LogP contribution in [0.2, 0.25) is 0 Å². The van der Waals surface area contributed by atoms with E-state index in [2.05, 4.69) is 20.8 Å². The molecule has 3 unspecified atom stereocenters. The lowest BCUT2D eigenvalue weighted by molar-refractivity contribution is -0.163. The Morgan fingerprint density at radius 1 is 1.24 bits per heavy atom. The minimum atomic E-state index is -0.228. The van der Waals surface area contributed by atoms with Gasteiger partial charge in [0.2, 0.25) is 5.91 Å². The van der Waals surface area contributed by atoms with E-state index in [4.69, 9.17) is 10.5 Å². The van der Waals surface area contributed by atoms with Gasteiger partial charge < -0.3 is 15.4 Å². The van der Waals surface area contributed by atoms with Gasteiger partial charge >= 0.3 is 0 Å². The third-order valence-corrected chi connectivity index (χ3v) is 5.64. The highest BCUT2D eigenvalue weighted by Gasteiger charge is 2.43. The summed E-state index contributed by atoms with van der Waals surface area (Å²) >= 11 is 0. The Balaban J connectivity index is 1.68. The quantitative estimate of drug-likeness (QED) is 0.806. The Labute approximate surface area is 128 Å². The number of carbonyl (C=O) groups excluding carboxylic acids is 1. The highest BCUT2D eigenvalue weighted by molar-refractivity contribution is 5.79. The number of hydrogen-bond donors (Lipinski definition) is 1. The van der Waals surface area contributed by atoms with Crippen molar-refractivity contribution in [1.29, 1.82) is 0 Å². The smallest absolute Gasteiger partial charge is 0.225 e. The molecule has 3 rings (SSSR count). The second-order valence-corrected chi connectivity index (χ2v) is 8.10. The van der Waals surface area contributed by atoms with E-state index in [1.165, 1.54) is 19.3 Å². The zero-order valence-corrected chi connectivity index (χ0v) is 13.7. The normalized spacial score (nSPS) is 42.7. The van der Waals surface area contributed by atoms with Crippen LogP contribution in [0.4, 0.5) is 0 Å². The predicted octanol–water partition coefficient (Wildman–Crippen LogP) is 2.17. The van der Waals surface area contributed by atoms with E-state index in [9.17, 15) is 4.79 Å². The van der Waals surface area contributed by atoms with E-state index in [0.29, 0.717) is 30.3 Å². The second kappa shape index (κ2) is 5.54. The van der Waals surface area contributed by atoms with Crippen LogP contribution in [0.5, 0.6) is 0 Å². The molecule has 0 aromatic heterocycles. The number of morpholine rings is 1. The van der Waals surface area contributed by atoms with E-state index in [0.717, 1.165) is 19.4 Å². The van der Waals surface area contributed by atoms with Crippen molar-refractivity contribution in [3.63, 3.8) is 0 Å². The van der Waals surface area contributed by atoms with Crippen molar-refractivity contribution in [2.24, 2.45) is 23.5 Å². The molecule has 120 valence electrons. The summed E-state index contributed by atoms with van der Waals surface area (Å²) in [6.45, 7) is 7.67. The molecule has 0 aromatic carbocycles. The van der Waals surface area contributed by atoms with Crippen LogP contribution in [0.25, 0.3) is 0 Å². The molecule has 4 nitrogen and oxygen atoms in total. The van der Waals surface area contributed by atoms with Gasteiger partial charge in [0.1, 0.15) is 0 Å². The van der Waals surface area contributed by atoms with Gasteiger partial charge in [0, 0.05) is 25.0 Å². The van der Waals surface area contributed by atoms with Crippen LogP contribution in [0.15, 0.2) is 0 Å². The number of ether oxygens (including phenoxy) is 1. The number of carbonyl (C=O) groups is 1. The van der Waals surface area contributed by atoms with Crippen molar-refractivity contribution >= 4 is 5.91 Å². The molecule has 0 spiro atoms. The van der Waals surface area contributed by atoms with Crippen LogP contribution in [0, 0.1) is 17.8 Å². The molecule has 2 bridgehead atoms. The van der Waals surface area contributed by atoms with Gasteiger partial charge in [-0.3, -0.25) is 4.79 Å². The van der Waals surface area contributed by atoms with Crippen molar-refractivity contribution in [1.82, 2.24) is 4.90 Å². The summed E-state index contributed by atoms with van der Waals surface area (Å²) in [5.74, 6) is 1.68. The minimum Gasteiger partial charge on any atom is -0.369 e. The molecule has 0 aromatic rings. The molecule has 0 radical (unpaired) electrons. The van der Waals surface area contributed by atoms with E-state index < -0.39 is 0 Å². The topological polar surface area (TPSA) is 55.6 Å². The van der Waals surface area contributed by atoms with Gasteiger partial charge in [-0.2, -0.15) is 0 Å². The number of hydrogen-bond acceptors (Lipinski definition) is 3. The predicted molar refractivity (Wildman–Crippen MR) is 82.7 cm³/mol. The van der Waals surface area contributed by atoms with Gasteiger partial charge in [0.05, 0.1) is 11.7 Å². The summed E-state index contributed by atoms with van der Waals surface area (Å²) in [6.07, 6.45) is 5.86. The zero-order chi connectivity index (χ0) is 15.2. The fourth-order valence-corrected chi connectivity index (χ4v) is 4.87. The maximum atomic E-state index is 13.0. The Kier molecular flexibility index (Phi) is 4.04. The molecule has 2 aliphatic carbocycles. The maximum Gasteiger partial charge on any atom is 0.225 e. The molecule has 4 heteroatoms. The summed E-state index contributed by atoms with van der Waals surface area (Å²) < 4.78 is 5.92. The first kappa shape index (κ1) is 15.3. The van der Waals surface area contributed by atoms with E-state index in [-0.39, 0.29) is 17.6 Å². The van der Waals surface area contributed by atoms with Crippen molar-refractivity contribution in [2.75, 3.05) is 13.1 Å². The lowest BCUT2D eigenvalue weighted by Crippen LogP contribution is -2.56. The lowest BCUT2D eigenvalue weighted by atomic mass is 9.65. The van der Waals surface area contributed by atoms with Gasteiger partial charge in [0.15, 0.2) is 0 Å². The van der Waals surface area contributed by atoms with Gasteiger partial charge in [0.25, 0.3) is 0 Å². The Bertz CT molecular complexity index is 396. The molecule has 2 N–H and O–H groups in total. The summed E-state index contributed by atoms with van der Waals surface area (Å²) in [7, 11) is 0. The molecule has 3 aliphatic rings. The number of nitrogens with two attached hydrogens (primary N) is 1. The third kappa shape index (κ3) is 3.11. The highest BCUT2D eigenvalue weighted by atomic mass is 16.5. The zero-order valence-electron chi connectivity index (χ0n) is 13.7. The minimum absolute atomic E-state index is 0.128. The Morgan fingerprint density at radius 3 is 2.43 bits per heavy atom. The molecule has 3 fully saturated rings. The molecule has 1 aliphatic heterocycles. The van der Waals surface area contributed by atoms with E-state index >= 15 is 0 Å². The maximum absolute atomic E-state index is 13.0. The van der Waals surface area contributed by atoms with Crippen molar-refractivity contribution in [3.8, 4) is 0 Å². The molecule has 1 saturated heterocycles. The van der Waals surface area contributed by atoms with Crippen molar-refractivity contribution in [2.45, 2.75) is 70.6 Å². The number of rotatable bonds is 1. The Hall–Kier alpha value is -0.610. The van der Waals surface area contributed by atoms with Crippen LogP contribution in [-0.2, 0) is 9.53 Å². The van der Waals surface area contributed by atoms with Gasteiger partial charge in [-0.25, -0.2) is 0 Å². The van der Waals surface area contributed by atoms with Crippen LogP contribution >= 0.6 is 0 Å². The molecule has 21 heavy (non-hydrogen) atoms. The van der Waals surface area contributed by atoms with Crippen LogP contribution in [0.3, 0.4) is 0 Å². The highest BCUT2D eigenvalue weighted by Crippen LogP contribution is 2.42. The summed E-state index contributed by atoms with van der Waals surface area (Å²) in [5.41, 5.74) is 6.12. The van der Waals surface area contributed by atoms with Gasteiger partial charge in [-0.15, -0.1) is 0 Å². The van der Waals surface area contributed by atoms with E-state index in [1.807, 2.05) is 4.90 Å². The van der Waals surface area contributed by atoms with Crippen molar-refractivity contribution in [3.05, 3.63) is 0 Å². The lowest BCUT2D eigenvalue weighted by Gasteiger charge is -2.47. The van der Waals surface area contributed by atoms with E-state index in [1.54, 1.807) is 0 Å². The van der Waals surface area contributed by atoms with Gasteiger partial charge in [-0.05, 0) is 58.3 Å². The number of amides is 1. The second-order valence-electron chi connectivity index (χ2n) is 8.10. The number of fused-ring (bicyclic) bond motifs is 2. The monoisotopic (exact) mass is 294 g/mol. The molecule has 2 saturated carbocycles. The fraction of sp³-hybridized carbons (Fsp3) is 0.941. The van der Waals surface area contributed by atoms with Crippen molar-refractivity contribution < 1.29 is 9.53 Å². The molecular formula is C17H30N2O2. The first-order valence-corrected chi connectivity index (χ1v) is 8.58. The average Bonchev–Trinajstić information content (AvgIpc) is 2.35. The third-order valence-electron chi connectivity index (χ3n) is 5.64. The fourth-order valence-electron chi connectivity index (χ4n) is 4.87.